The monoisotopic (exact) mass is 399 g/mol. The van der Waals surface area contributed by atoms with Crippen LogP contribution in [0, 0.1) is 0 Å². The highest BCUT2D eigenvalue weighted by Gasteiger charge is 2.22. The van der Waals surface area contributed by atoms with E-state index >= 15 is 0 Å². The lowest BCUT2D eigenvalue weighted by Gasteiger charge is -2.14. The molecule has 0 aliphatic carbocycles. The fraction of sp³-hybridized carbons (Fsp3) is 0.294. The Balaban J connectivity index is 2.38. The molecule has 1 N–H and O–H groups in total. The molecule has 0 heterocycles. The van der Waals surface area contributed by atoms with Crippen molar-refractivity contribution in [3.63, 3.8) is 0 Å². The number of ether oxygens (including phenoxy) is 2. The van der Waals surface area contributed by atoms with Crippen LogP contribution in [-0.4, -0.2) is 36.3 Å². The zero-order chi connectivity index (χ0) is 19.5. The Morgan fingerprint density at radius 1 is 0.962 bits per heavy atom. The summed E-state index contributed by atoms with van der Waals surface area (Å²) in [5, 5.41) is 0. The van der Waals surface area contributed by atoms with Gasteiger partial charge in [0, 0.05) is 11.9 Å². The summed E-state index contributed by atoms with van der Waals surface area (Å²) < 4.78 is 61.8. The third kappa shape index (κ3) is 4.89. The lowest BCUT2D eigenvalue weighted by atomic mass is 10.3. The molecule has 2 aromatic carbocycles. The fourth-order valence-corrected chi connectivity index (χ4v) is 4.16. The maximum Gasteiger partial charge on any atom is 0.265 e. The Morgan fingerprint density at radius 2 is 1.58 bits per heavy atom. The molecule has 0 aromatic heterocycles. The summed E-state index contributed by atoms with van der Waals surface area (Å²) in [5.41, 5.74) is 0.313. The van der Waals surface area contributed by atoms with E-state index in [9.17, 15) is 16.8 Å². The Kier molecular flexibility index (Phi) is 5.82. The van der Waals surface area contributed by atoms with Gasteiger partial charge in [0.2, 0.25) is 0 Å². The van der Waals surface area contributed by atoms with Crippen LogP contribution in [0.3, 0.4) is 0 Å². The average Bonchev–Trinajstić information content (AvgIpc) is 2.54. The number of rotatable bonds is 7. The van der Waals surface area contributed by atoms with E-state index < -0.39 is 19.9 Å². The maximum absolute atomic E-state index is 12.7. The van der Waals surface area contributed by atoms with E-state index in [1.165, 1.54) is 19.2 Å². The maximum atomic E-state index is 12.7. The summed E-state index contributed by atoms with van der Waals surface area (Å²) in [4.78, 5) is -0.371. The zero-order valence-electron chi connectivity index (χ0n) is 14.9. The first-order chi connectivity index (χ1) is 12.0. The molecule has 9 heteroatoms. The summed E-state index contributed by atoms with van der Waals surface area (Å²) in [6.45, 7) is 3.77. The summed E-state index contributed by atoms with van der Waals surface area (Å²) in [5.74, 6) is 0.657. The summed E-state index contributed by atoms with van der Waals surface area (Å²) in [7, 11) is -6.31. The molecule has 142 valence electrons. The highest BCUT2D eigenvalue weighted by molar-refractivity contribution is 7.93. The van der Waals surface area contributed by atoms with Crippen molar-refractivity contribution >= 4 is 25.5 Å². The molecule has 0 aliphatic rings. The number of hydrogen-bond donors (Lipinski definition) is 1. The molecule has 0 unspecified atom stereocenters. The lowest BCUT2D eigenvalue weighted by Crippen LogP contribution is -2.15. The lowest BCUT2D eigenvalue weighted by molar-refractivity contribution is 0.242. The van der Waals surface area contributed by atoms with Crippen molar-refractivity contribution in [1.29, 1.82) is 0 Å². The third-order valence-electron chi connectivity index (χ3n) is 3.33. The highest BCUT2D eigenvalue weighted by atomic mass is 32.2. The second-order valence-corrected chi connectivity index (χ2v) is 9.55. The first-order valence-corrected chi connectivity index (χ1v) is 11.1. The van der Waals surface area contributed by atoms with Crippen LogP contribution in [0.1, 0.15) is 13.8 Å². The quantitative estimate of drug-likeness (QED) is 0.769. The molecule has 0 radical (unpaired) electrons. The predicted octanol–water partition coefficient (Wildman–Crippen LogP) is 2.69. The second-order valence-electron chi connectivity index (χ2n) is 5.88. The van der Waals surface area contributed by atoms with Gasteiger partial charge < -0.3 is 9.47 Å². The number of methoxy groups -OCH3 is 1. The molecule has 0 atom stereocenters. The Hall–Kier alpha value is -2.26. The molecular formula is C17H21NO6S2. The van der Waals surface area contributed by atoms with E-state index in [4.69, 9.17) is 9.47 Å². The number of sulfone groups is 1. The van der Waals surface area contributed by atoms with Gasteiger partial charge in [0.1, 0.15) is 16.4 Å². The van der Waals surface area contributed by atoms with Gasteiger partial charge in [-0.1, -0.05) is 0 Å². The normalized spacial score (nSPS) is 12.0. The van der Waals surface area contributed by atoms with Gasteiger partial charge in [0.15, 0.2) is 9.84 Å². The van der Waals surface area contributed by atoms with E-state index in [0.29, 0.717) is 11.4 Å². The smallest absolute Gasteiger partial charge is 0.265 e. The van der Waals surface area contributed by atoms with Gasteiger partial charge >= 0.3 is 0 Å². The standard InChI is InChI=1S/C17H21NO6S2/c1-12(2)24-14-7-5-13(6-8-14)18-26(21,22)17-11-15(25(4,19)20)9-10-16(17)23-3/h5-12,18H,1-4H3. The molecule has 0 bridgehead atoms. The number of sulfonamides is 1. The van der Waals surface area contributed by atoms with Crippen LogP contribution in [0.15, 0.2) is 52.3 Å². The van der Waals surface area contributed by atoms with E-state index in [-0.39, 0.29) is 21.6 Å². The van der Waals surface area contributed by atoms with E-state index in [1.807, 2.05) is 13.8 Å². The summed E-state index contributed by atoms with van der Waals surface area (Å²) in [6, 6.07) is 10.1. The molecule has 2 aromatic rings. The van der Waals surface area contributed by atoms with Gasteiger partial charge in [-0.2, -0.15) is 0 Å². The largest absolute Gasteiger partial charge is 0.495 e. The van der Waals surface area contributed by atoms with Crippen LogP contribution in [-0.2, 0) is 19.9 Å². The Bertz CT molecular complexity index is 980. The Morgan fingerprint density at radius 3 is 2.08 bits per heavy atom. The van der Waals surface area contributed by atoms with Crippen LogP contribution in [0.25, 0.3) is 0 Å². The van der Waals surface area contributed by atoms with Crippen LogP contribution in [0.5, 0.6) is 11.5 Å². The third-order valence-corrected chi connectivity index (χ3v) is 5.84. The fourth-order valence-electron chi connectivity index (χ4n) is 2.18. The zero-order valence-corrected chi connectivity index (χ0v) is 16.5. The van der Waals surface area contributed by atoms with Crippen LogP contribution in [0.2, 0.25) is 0 Å². The molecule has 0 aliphatic heterocycles. The van der Waals surface area contributed by atoms with Crippen molar-refractivity contribution in [2.45, 2.75) is 29.7 Å². The van der Waals surface area contributed by atoms with Crippen LogP contribution < -0.4 is 14.2 Å². The number of anilines is 1. The molecule has 26 heavy (non-hydrogen) atoms. The summed E-state index contributed by atoms with van der Waals surface area (Å²) in [6.07, 6.45) is 1.01. The van der Waals surface area contributed by atoms with Crippen molar-refractivity contribution in [2.75, 3.05) is 18.1 Å². The van der Waals surface area contributed by atoms with E-state index in [1.54, 1.807) is 24.3 Å². The molecule has 2 rings (SSSR count). The van der Waals surface area contributed by atoms with Crippen molar-refractivity contribution in [3.8, 4) is 11.5 Å². The highest BCUT2D eigenvalue weighted by Crippen LogP contribution is 2.29. The summed E-state index contributed by atoms with van der Waals surface area (Å²) >= 11 is 0. The Labute approximate surface area is 153 Å². The van der Waals surface area contributed by atoms with Gasteiger partial charge in [-0.25, -0.2) is 16.8 Å². The number of hydrogen-bond acceptors (Lipinski definition) is 6. The van der Waals surface area contributed by atoms with Gasteiger partial charge in [0.05, 0.1) is 18.1 Å². The van der Waals surface area contributed by atoms with Gasteiger partial charge in [-0.3, -0.25) is 4.72 Å². The van der Waals surface area contributed by atoms with Gasteiger partial charge in [-0.15, -0.1) is 0 Å². The molecule has 7 nitrogen and oxygen atoms in total. The topological polar surface area (TPSA) is 98.8 Å². The van der Waals surface area contributed by atoms with Crippen molar-refractivity contribution < 1.29 is 26.3 Å². The van der Waals surface area contributed by atoms with E-state index in [0.717, 1.165) is 12.3 Å². The van der Waals surface area contributed by atoms with Gasteiger partial charge in [-0.05, 0) is 56.3 Å². The number of benzene rings is 2. The molecule has 0 amide bonds. The minimum Gasteiger partial charge on any atom is -0.495 e. The first-order valence-electron chi connectivity index (χ1n) is 7.70. The first kappa shape index (κ1) is 20.1. The average molecular weight is 399 g/mol. The molecule has 0 fully saturated rings. The van der Waals surface area contributed by atoms with E-state index in [2.05, 4.69) is 4.72 Å². The van der Waals surface area contributed by atoms with Crippen molar-refractivity contribution in [2.24, 2.45) is 0 Å². The predicted molar refractivity (Wildman–Crippen MR) is 99.1 cm³/mol. The van der Waals surface area contributed by atoms with Crippen molar-refractivity contribution in [1.82, 2.24) is 0 Å². The second kappa shape index (κ2) is 7.55. The molecule has 0 saturated carbocycles. The van der Waals surface area contributed by atoms with Crippen molar-refractivity contribution in [3.05, 3.63) is 42.5 Å². The minimum absolute atomic E-state index is 0.000496. The SMILES string of the molecule is COc1ccc(S(C)(=O)=O)cc1S(=O)(=O)Nc1ccc(OC(C)C)cc1. The molecular weight excluding hydrogens is 378 g/mol. The van der Waals surface area contributed by atoms with Gasteiger partial charge in [0.25, 0.3) is 10.0 Å². The molecule has 0 spiro atoms. The minimum atomic E-state index is -4.06. The molecule has 0 saturated heterocycles. The van der Waals surface area contributed by atoms with Crippen LogP contribution >= 0.6 is 0 Å². The number of nitrogens with one attached hydrogen (secondary N) is 1. The van der Waals surface area contributed by atoms with Crippen LogP contribution in [0.4, 0.5) is 5.69 Å².